The zero-order valence-electron chi connectivity index (χ0n) is 7.16. The average Bonchev–Trinajstić information content (AvgIpc) is 2.03. The molecule has 0 aromatic carbocycles. The summed E-state index contributed by atoms with van der Waals surface area (Å²) in [5.41, 5.74) is 5.38. The molecule has 0 aliphatic carbocycles. The van der Waals surface area contributed by atoms with Crippen LogP contribution in [0.15, 0.2) is 0 Å². The Hall–Kier alpha value is -0.120. The molecule has 0 saturated carbocycles. The molecule has 3 nitrogen and oxygen atoms in total. The van der Waals surface area contributed by atoms with Gasteiger partial charge in [-0.25, -0.2) is 0 Å². The molecular weight excluding hydrogens is 142 g/mol. The second-order valence-corrected chi connectivity index (χ2v) is 2.92. The predicted molar refractivity (Wildman–Crippen MR) is 45.2 cm³/mol. The first-order chi connectivity index (χ1) is 5.24. The topological polar surface area (TPSA) is 66.5 Å². The molecule has 0 aromatic heterocycles. The van der Waals surface area contributed by atoms with Crippen LogP contribution in [0, 0.1) is 5.92 Å². The predicted octanol–water partition coefficient (Wildman–Crippen LogP) is 0.105. The minimum atomic E-state index is -0.563. The van der Waals surface area contributed by atoms with Crippen molar-refractivity contribution in [2.45, 2.75) is 32.3 Å². The Kier molecular flexibility index (Phi) is 6.51. The molecule has 0 heterocycles. The van der Waals surface area contributed by atoms with E-state index >= 15 is 0 Å². The van der Waals surface area contributed by atoms with Crippen LogP contribution in [0.1, 0.15) is 26.2 Å². The first-order valence-electron chi connectivity index (χ1n) is 4.23. The van der Waals surface area contributed by atoms with Gasteiger partial charge in [0.15, 0.2) is 0 Å². The van der Waals surface area contributed by atoms with Gasteiger partial charge in [0.1, 0.15) is 0 Å². The molecule has 4 N–H and O–H groups in total. The molecule has 0 rings (SSSR count). The van der Waals surface area contributed by atoms with E-state index in [-0.39, 0.29) is 6.61 Å². The molecule has 0 aliphatic heterocycles. The van der Waals surface area contributed by atoms with Crippen LogP contribution in [0.3, 0.4) is 0 Å². The highest BCUT2D eigenvalue weighted by molar-refractivity contribution is 4.63. The van der Waals surface area contributed by atoms with Crippen LogP contribution in [0.5, 0.6) is 0 Å². The lowest BCUT2D eigenvalue weighted by molar-refractivity contribution is 0.0724. The Labute approximate surface area is 68.2 Å². The molecule has 0 aromatic rings. The van der Waals surface area contributed by atoms with Gasteiger partial charge in [0.25, 0.3) is 0 Å². The molecule has 0 amide bonds. The Balaban J connectivity index is 3.49. The van der Waals surface area contributed by atoms with E-state index in [2.05, 4.69) is 6.92 Å². The van der Waals surface area contributed by atoms with Gasteiger partial charge in [-0.1, -0.05) is 13.3 Å². The van der Waals surface area contributed by atoms with Crippen LogP contribution in [-0.4, -0.2) is 29.5 Å². The highest BCUT2D eigenvalue weighted by atomic mass is 16.3. The second kappa shape index (κ2) is 6.58. The largest absolute Gasteiger partial charge is 0.394 e. The minimum absolute atomic E-state index is 0.138. The Morgan fingerprint density at radius 3 is 2.45 bits per heavy atom. The van der Waals surface area contributed by atoms with E-state index in [1.54, 1.807) is 0 Å². The summed E-state index contributed by atoms with van der Waals surface area (Å²) in [5, 5.41) is 17.7. The van der Waals surface area contributed by atoms with Crippen molar-refractivity contribution >= 4 is 0 Å². The maximum atomic E-state index is 9.10. The molecule has 0 saturated heterocycles. The summed E-state index contributed by atoms with van der Waals surface area (Å²) in [6.07, 6.45) is 2.07. The van der Waals surface area contributed by atoms with Gasteiger partial charge < -0.3 is 15.9 Å². The molecule has 1 unspecified atom stereocenters. The summed E-state index contributed by atoms with van der Waals surface area (Å²) in [5.74, 6) is 0.460. The molecule has 3 heteroatoms. The normalized spacial score (nSPS) is 16.4. The molecule has 0 radical (unpaired) electrons. The first-order valence-corrected chi connectivity index (χ1v) is 4.23. The third kappa shape index (κ3) is 5.18. The van der Waals surface area contributed by atoms with Crippen molar-refractivity contribution in [3.8, 4) is 0 Å². The summed E-state index contributed by atoms with van der Waals surface area (Å²) in [4.78, 5) is 0. The Morgan fingerprint density at radius 2 is 2.09 bits per heavy atom. The number of aliphatic hydroxyl groups excluding tert-OH is 2. The number of nitrogens with two attached hydrogens (primary N) is 1. The number of aliphatic hydroxyl groups is 2. The summed E-state index contributed by atoms with van der Waals surface area (Å²) in [6, 6.07) is 0. The van der Waals surface area contributed by atoms with E-state index in [0.717, 1.165) is 12.8 Å². The zero-order chi connectivity index (χ0) is 8.69. The van der Waals surface area contributed by atoms with Crippen LogP contribution >= 0.6 is 0 Å². The molecule has 11 heavy (non-hydrogen) atoms. The smallest absolute Gasteiger partial charge is 0.0773 e. The molecule has 2 atom stereocenters. The fourth-order valence-corrected chi connectivity index (χ4v) is 1.18. The maximum absolute atomic E-state index is 9.10. The van der Waals surface area contributed by atoms with Crippen molar-refractivity contribution in [3.05, 3.63) is 0 Å². The van der Waals surface area contributed by atoms with Gasteiger partial charge in [-0.15, -0.1) is 0 Å². The van der Waals surface area contributed by atoms with Crippen molar-refractivity contribution < 1.29 is 10.2 Å². The monoisotopic (exact) mass is 161 g/mol. The average molecular weight is 161 g/mol. The van der Waals surface area contributed by atoms with Crippen LogP contribution in [0.4, 0.5) is 0 Å². The van der Waals surface area contributed by atoms with Gasteiger partial charge in [0, 0.05) is 0 Å². The molecule has 0 spiro atoms. The summed E-state index contributed by atoms with van der Waals surface area (Å²) >= 11 is 0. The molecule has 0 bridgehead atoms. The number of hydrogen-bond donors (Lipinski definition) is 3. The zero-order valence-corrected chi connectivity index (χ0v) is 7.16. The lowest BCUT2D eigenvalue weighted by atomic mass is 9.96. The van der Waals surface area contributed by atoms with Crippen molar-refractivity contribution in [1.29, 1.82) is 0 Å². The van der Waals surface area contributed by atoms with Gasteiger partial charge in [0.05, 0.1) is 12.7 Å². The standard InChI is InChI=1S/C8H19NO2/c1-2-7(3-4-9)5-8(11)6-10/h7-8,10-11H,2-6,9H2,1H3/t7?,8-/m1/s1. The van der Waals surface area contributed by atoms with Gasteiger partial charge in [0.2, 0.25) is 0 Å². The third-order valence-corrected chi connectivity index (χ3v) is 1.97. The van der Waals surface area contributed by atoms with E-state index < -0.39 is 6.10 Å². The summed E-state index contributed by atoms with van der Waals surface area (Å²) in [7, 11) is 0. The summed E-state index contributed by atoms with van der Waals surface area (Å²) in [6.45, 7) is 2.60. The van der Waals surface area contributed by atoms with Crippen molar-refractivity contribution in [2.24, 2.45) is 11.7 Å². The van der Waals surface area contributed by atoms with Crippen molar-refractivity contribution in [3.63, 3.8) is 0 Å². The van der Waals surface area contributed by atoms with Crippen LogP contribution in [-0.2, 0) is 0 Å². The summed E-state index contributed by atoms with van der Waals surface area (Å²) < 4.78 is 0. The van der Waals surface area contributed by atoms with E-state index in [9.17, 15) is 0 Å². The minimum Gasteiger partial charge on any atom is -0.394 e. The molecule has 68 valence electrons. The van der Waals surface area contributed by atoms with Gasteiger partial charge in [-0.2, -0.15) is 0 Å². The molecule has 0 fully saturated rings. The van der Waals surface area contributed by atoms with E-state index in [1.807, 2.05) is 0 Å². The van der Waals surface area contributed by atoms with Crippen LogP contribution < -0.4 is 5.73 Å². The van der Waals surface area contributed by atoms with E-state index in [0.29, 0.717) is 18.9 Å². The highest BCUT2D eigenvalue weighted by Crippen LogP contribution is 2.14. The van der Waals surface area contributed by atoms with E-state index in [1.165, 1.54) is 0 Å². The molecule has 0 aliphatic rings. The Bertz CT molecular complexity index is 88.2. The quantitative estimate of drug-likeness (QED) is 0.518. The third-order valence-electron chi connectivity index (χ3n) is 1.97. The van der Waals surface area contributed by atoms with Gasteiger partial charge in [-0.3, -0.25) is 0 Å². The lowest BCUT2D eigenvalue weighted by Crippen LogP contribution is -2.19. The number of rotatable bonds is 6. The second-order valence-electron chi connectivity index (χ2n) is 2.92. The fourth-order valence-electron chi connectivity index (χ4n) is 1.18. The van der Waals surface area contributed by atoms with Crippen molar-refractivity contribution in [2.75, 3.05) is 13.2 Å². The van der Waals surface area contributed by atoms with Crippen molar-refractivity contribution in [1.82, 2.24) is 0 Å². The van der Waals surface area contributed by atoms with Crippen LogP contribution in [0.25, 0.3) is 0 Å². The van der Waals surface area contributed by atoms with Crippen LogP contribution in [0.2, 0.25) is 0 Å². The van der Waals surface area contributed by atoms with Gasteiger partial charge >= 0.3 is 0 Å². The fraction of sp³-hybridized carbons (Fsp3) is 1.00. The SMILES string of the molecule is CCC(CCN)C[C@@H](O)CO. The lowest BCUT2D eigenvalue weighted by Gasteiger charge is -2.16. The van der Waals surface area contributed by atoms with Gasteiger partial charge in [-0.05, 0) is 25.3 Å². The highest BCUT2D eigenvalue weighted by Gasteiger charge is 2.10. The first kappa shape index (κ1) is 10.9. The number of hydrogen-bond acceptors (Lipinski definition) is 3. The Morgan fingerprint density at radius 1 is 1.45 bits per heavy atom. The maximum Gasteiger partial charge on any atom is 0.0773 e. The van der Waals surface area contributed by atoms with E-state index in [4.69, 9.17) is 15.9 Å². The molecular formula is C8H19NO2.